The van der Waals surface area contributed by atoms with Gasteiger partial charge in [-0.1, -0.05) is 60.1 Å². The largest absolute Gasteiger partial charge is 0.463 e. The van der Waals surface area contributed by atoms with Crippen LogP contribution in [0.4, 0.5) is 0 Å². The van der Waals surface area contributed by atoms with Gasteiger partial charge in [-0.25, -0.2) is 0 Å². The van der Waals surface area contributed by atoms with Crippen LogP contribution >= 0.6 is 0 Å². The van der Waals surface area contributed by atoms with Crippen LogP contribution < -0.4 is 0 Å². The molecular formula is C56H82O21. The Balaban J connectivity index is 1.29. The molecule has 6 fully saturated rings. The molecule has 7 aliphatic rings. The monoisotopic (exact) mass is 1090 g/mol. The molecule has 21 heteroatoms. The lowest BCUT2D eigenvalue weighted by Gasteiger charge is -2.71. The fourth-order valence-electron chi connectivity index (χ4n) is 15.5. The lowest BCUT2D eigenvalue weighted by Crippen LogP contribution is -2.69. The van der Waals surface area contributed by atoms with Crippen molar-refractivity contribution in [3.8, 4) is 0 Å². The van der Waals surface area contributed by atoms with E-state index in [0.717, 1.165) is 79.7 Å². The van der Waals surface area contributed by atoms with Crippen LogP contribution in [-0.4, -0.2) is 145 Å². The van der Waals surface area contributed by atoms with E-state index in [4.69, 9.17) is 52.1 Å². The molecule has 0 aromatic rings. The summed E-state index contributed by atoms with van der Waals surface area (Å²) < 4.78 is 64.9. The van der Waals surface area contributed by atoms with Crippen molar-refractivity contribution < 1.29 is 101 Å². The first-order valence-electron chi connectivity index (χ1n) is 27.1. The Morgan fingerprint density at radius 2 is 1.03 bits per heavy atom. The molecule has 2 aliphatic heterocycles. The summed E-state index contributed by atoms with van der Waals surface area (Å²) in [6.45, 7) is 21.8. The highest BCUT2D eigenvalue weighted by Gasteiger charge is 2.72. The molecule has 21 nitrogen and oxygen atoms in total. The molecule has 2 saturated heterocycles. The zero-order valence-electron chi connectivity index (χ0n) is 47.2. The SMILES string of the molecule is CC(=O)OC[C@@H]1O[C@@H](O[C@@H]2[C@@H](OC(C)=O)[C@H](OC(C)=O)C(OC(=O)[C@]34CCC(C)(C)CC3C3=CCC5[C@@]6(C)CC[C@H](O)C(C)(C)C6CC[C@@]5(C)[C@]3(C)C[C@H]4O)O[C@H]2COC(C)=O)[C@@H](OC(C)=O)[C@H](OC(C)=O)[C@H]1OC(C)=O. The number of hydrogen-bond donors (Lipinski definition) is 2. The molecule has 0 bridgehead atoms. The van der Waals surface area contributed by atoms with Gasteiger partial charge in [0, 0.05) is 48.5 Å². The van der Waals surface area contributed by atoms with Crippen molar-refractivity contribution in [3.63, 3.8) is 0 Å². The van der Waals surface area contributed by atoms with Gasteiger partial charge in [-0.05, 0) is 103 Å². The highest BCUT2D eigenvalue weighted by Crippen LogP contribution is 2.76. The van der Waals surface area contributed by atoms with Crippen molar-refractivity contribution >= 4 is 47.8 Å². The number of ether oxygens (including phenoxy) is 11. The van der Waals surface area contributed by atoms with Crippen LogP contribution in [0.3, 0.4) is 0 Å². The van der Waals surface area contributed by atoms with Gasteiger partial charge in [0.15, 0.2) is 30.7 Å². The number of aliphatic hydroxyl groups excluding tert-OH is 2. The molecule has 0 amide bonds. The van der Waals surface area contributed by atoms with Crippen LogP contribution in [0.1, 0.15) is 155 Å². The summed E-state index contributed by atoms with van der Waals surface area (Å²) in [4.78, 5) is 105. The molecule has 2 heterocycles. The Kier molecular flexibility index (Phi) is 17.2. The number of aliphatic hydroxyl groups is 2. The van der Waals surface area contributed by atoms with Gasteiger partial charge < -0.3 is 62.3 Å². The molecule has 0 radical (unpaired) electrons. The van der Waals surface area contributed by atoms with Crippen molar-refractivity contribution in [1.82, 2.24) is 0 Å². The Hall–Kier alpha value is -4.70. The van der Waals surface area contributed by atoms with Crippen LogP contribution in [0.15, 0.2) is 11.6 Å². The van der Waals surface area contributed by atoms with Crippen LogP contribution in [0.25, 0.3) is 0 Å². The second-order valence-electron chi connectivity index (χ2n) is 24.9. The molecule has 4 unspecified atom stereocenters. The highest BCUT2D eigenvalue weighted by molar-refractivity contribution is 5.80. The maximum absolute atomic E-state index is 15.7. The summed E-state index contributed by atoms with van der Waals surface area (Å²) in [6, 6.07) is 0. The number of allylic oxidation sites excluding steroid dienone is 2. The second kappa shape index (κ2) is 22.1. The first kappa shape index (κ1) is 60.0. The average Bonchev–Trinajstić information content (AvgIpc) is 3.38. The number of fused-ring (bicyclic) bond motifs is 7. The van der Waals surface area contributed by atoms with Gasteiger partial charge in [0.1, 0.15) is 36.9 Å². The van der Waals surface area contributed by atoms with Gasteiger partial charge in [-0.3, -0.25) is 38.4 Å². The Labute approximate surface area is 450 Å². The van der Waals surface area contributed by atoms with Gasteiger partial charge >= 0.3 is 47.8 Å². The van der Waals surface area contributed by atoms with E-state index >= 15 is 4.79 Å². The van der Waals surface area contributed by atoms with Crippen LogP contribution in [0.5, 0.6) is 0 Å². The van der Waals surface area contributed by atoms with Gasteiger partial charge in [0.2, 0.25) is 12.4 Å². The van der Waals surface area contributed by atoms with Gasteiger partial charge in [0.25, 0.3) is 0 Å². The van der Waals surface area contributed by atoms with Crippen molar-refractivity contribution in [3.05, 3.63) is 11.6 Å². The third-order valence-corrected chi connectivity index (χ3v) is 19.2. The van der Waals surface area contributed by atoms with Gasteiger partial charge in [0.05, 0.1) is 12.2 Å². The molecule has 5 aliphatic carbocycles. The minimum absolute atomic E-state index is 0.0930. The summed E-state index contributed by atoms with van der Waals surface area (Å²) in [5.41, 5.74) is -1.94. The number of carbonyl (C=O) groups excluding carboxylic acids is 8. The molecule has 432 valence electrons. The van der Waals surface area contributed by atoms with Gasteiger partial charge in [-0.2, -0.15) is 0 Å². The Bertz CT molecular complexity index is 2340. The summed E-state index contributed by atoms with van der Waals surface area (Å²) in [7, 11) is 0. The normalized spacial score (nSPS) is 41.6. The second-order valence-corrected chi connectivity index (χ2v) is 24.9. The van der Waals surface area contributed by atoms with Crippen molar-refractivity contribution in [2.45, 2.75) is 228 Å². The first-order chi connectivity index (χ1) is 35.7. The minimum atomic E-state index is -1.92. The topological polar surface area (TPSA) is 279 Å². The number of carbonyl (C=O) groups is 8. The predicted molar refractivity (Wildman–Crippen MR) is 266 cm³/mol. The van der Waals surface area contributed by atoms with E-state index in [-0.39, 0.29) is 46.3 Å². The molecule has 19 atom stereocenters. The molecule has 0 aromatic heterocycles. The predicted octanol–water partition coefficient (Wildman–Crippen LogP) is 5.28. The molecular weight excluding hydrogens is 1010 g/mol. The quantitative estimate of drug-likeness (QED) is 0.135. The molecule has 7 rings (SSSR count). The Morgan fingerprint density at radius 1 is 0.532 bits per heavy atom. The van der Waals surface area contributed by atoms with Crippen LogP contribution in [0, 0.1) is 50.2 Å². The molecule has 0 spiro atoms. The van der Waals surface area contributed by atoms with Crippen LogP contribution in [-0.2, 0) is 90.5 Å². The van der Waals surface area contributed by atoms with E-state index < -0.39 is 151 Å². The van der Waals surface area contributed by atoms with E-state index in [1.54, 1.807) is 0 Å². The van der Waals surface area contributed by atoms with Gasteiger partial charge in [-0.15, -0.1) is 0 Å². The van der Waals surface area contributed by atoms with Crippen molar-refractivity contribution in [1.29, 1.82) is 0 Å². The van der Waals surface area contributed by atoms with Crippen molar-refractivity contribution in [2.75, 3.05) is 13.2 Å². The lowest BCUT2D eigenvalue weighted by molar-refractivity contribution is -0.359. The maximum atomic E-state index is 15.7. The van der Waals surface area contributed by atoms with E-state index in [2.05, 4.69) is 54.5 Å². The smallest absolute Gasteiger partial charge is 0.317 e. The average molecular weight is 1090 g/mol. The number of hydrogen-bond acceptors (Lipinski definition) is 21. The number of esters is 8. The molecule has 77 heavy (non-hydrogen) atoms. The van der Waals surface area contributed by atoms with Crippen molar-refractivity contribution in [2.24, 2.45) is 50.2 Å². The van der Waals surface area contributed by atoms with E-state index in [9.17, 15) is 43.8 Å². The third-order valence-electron chi connectivity index (χ3n) is 19.2. The van der Waals surface area contributed by atoms with Crippen LogP contribution in [0.2, 0.25) is 0 Å². The molecule has 2 N–H and O–H groups in total. The zero-order chi connectivity index (χ0) is 57.1. The van der Waals surface area contributed by atoms with E-state index in [1.807, 2.05) is 0 Å². The third kappa shape index (κ3) is 11.3. The first-order valence-corrected chi connectivity index (χ1v) is 27.1. The number of rotatable bonds is 13. The fraction of sp³-hybridized carbons (Fsp3) is 0.821. The summed E-state index contributed by atoms with van der Waals surface area (Å²) >= 11 is 0. The molecule has 4 saturated carbocycles. The summed E-state index contributed by atoms with van der Waals surface area (Å²) in [5, 5.41) is 24.3. The lowest BCUT2D eigenvalue weighted by atomic mass is 9.33. The fourth-order valence-corrected chi connectivity index (χ4v) is 15.5. The summed E-state index contributed by atoms with van der Waals surface area (Å²) in [5.74, 6) is -7.11. The minimum Gasteiger partial charge on any atom is -0.463 e. The maximum Gasteiger partial charge on any atom is 0.317 e. The standard InChI is InChI=1S/C56H82O21/c1-27(57)67-25-36-42(69-29(3)59)44(70-30(4)60)46(72-32(6)62)48(74-36)76-43-37(26-68-28(2)58)75-49(47(73-33(7)63)45(43)71-31(5)61)77-50(66)56-22-21-51(8,9)23-35(56)34-15-16-39-53(12)19-18-40(64)52(10,11)38(53)17-20-54(39,13)55(34,14)24-41(56)65/h15,35-49,64-65H,16-26H2,1-14H3/t35?,36-,37-,38?,39?,40-,41+,42-,43-,44+,45+,46-,47-,48-,49?,53-,54+,55+,56+/m0/s1. The zero-order valence-corrected chi connectivity index (χ0v) is 47.2. The highest BCUT2D eigenvalue weighted by atomic mass is 16.8. The van der Waals surface area contributed by atoms with E-state index in [0.29, 0.717) is 19.3 Å². The van der Waals surface area contributed by atoms with E-state index in [1.165, 1.54) is 0 Å². The molecule has 0 aromatic carbocycles. The Morgan fingerprint density at radius 3 is 1.57 bits per heavy atom. The summed E-state index contributed by atoms with van der Waals surface area (Å²) in [6.07, 6.45) is -11.1.